The van der Waals surface area contributed by atoms with Gasteiger partial charge in [-0.1, -0.05) is 69.6 Å². The monoisotopic (exact) mass is 336 g/mol. The Hall–Kier alpha value is -1.35. The van der Waals surface area contributed by atoms with Crippen LogP contribution in [0.3, 0.4) is 0 Å². The van der Waals surface area contributed by atoms with Crippen LogP contribution in [-0.4, -0.2) is 23.8 Å². The molecule has 24 heavy (non-hydrogen) atoms. The summed E-state index contributed by atoms with van der Waals surface area (Å²) in [7, 11) is 0. The molecule has 0 aromatic carbocycles. The minimum absolute atomic E-state index is 0.533. The molecule has 0 heterocycles. The fraction of sp³-hybridized carbons (Fsp3) is 0.667. The van der Waals surface area contributed by atoms with Crippen molar-refractivity contribution < 1.29 is 14.6 Å². The second-order valence-corrected chi connectivity index (χ2v) is 5.98. The van der Waals surface area contributed by atoms with E-state index in [4.69, 9.17) is 9.84 Å². The molecule has 0 spiro atoms. The second-order valence-electron chi connectivity index (χ2n) is 5.98. The van der Waals surface area contributed by atoms with E-state index in [1.165, 1.54) is 6.42 Å². The number of rotatable bonds is 16. The highest BCUT2D eigenvalue weighted by atomic mass is 16.5. The lowest BCUT2D eigenvalue weighted by atomic mass is 10.1. The van der Waals surface area contributed by atoms with Gasteiger partial charge in [-0.25, -0.2) is 4.79 Å². The Bertz CT molecular complexity index is 369. The zero-order chi connectivity index (χ0) is 17.9. The zero-order valence-electron chi connectivity index (χ0n) is 15.6. The Morgan fingerprint density at radius 1 is 0.917 bits per heavy atom. The first kappa shape index (κ1) is 22.6. The van der Waals surface area contributed by atoms with Crippen LogP contribution in [0.5, 0.6) is 0 Å². The van der Waals surface area contributed by atoms with Crippen molar-refractivity contribution in [1.82, 2.24) is 0 Å². The number of carboxylic acids is 1. The summed E-state index contributed by atoms with van der Waals surface area (Å²) in [4.78, 5) is 11.0. The van der Waals surface area contributed by atoms with Crippen LogP contribution in [0.4, 0.5) is 0 Å². The van der Waals surface area contributed by atoms with Crippen molar-refractivity contribution in [3.8, 4) is 0 Å². The van der Waals surface area contributed by atoms with E-state index < -0.39 is 12.1 Å². The lowest BCUT2D eigenvalue weighted by Crippen LogP contribution is -2.24. The van der Waals surface area contributed by atoms with Crippen LogP contribution < -0.4 is 0 Å². The van der Waals surface area contributed by atoms with Gasteiger partial charge in [-0.2, -0.15) is 0 Å². The largest absolute Gasteiger partial charge is 0.479 e. The zero-order valence-corrected chi connectivity index (χ0v) is 15.6. The first-order chi connectivity index (χ1) is 11.7. The molecule has 0 bridgehead atoms. The predicted octanol–water partition coefficient (Wildman–Crippen LogP) is 6.07. The van der Waals surface area contributed by atoms with E-state index in [9.17, 15) is 4.79 Å². The topological polar surface area (TPSA) is 46.5 Å². The van der Waals surface area contributed by atoms with Gasteiger partial charge in [-0.3, -0.25) is 0 Å². The molecule has 3 heteroatoms. The van der Waals surface area contributed by atoms with E-state index in [0.717, 1.165) is 51.4 Å². The molecule has 0 aromatic rings. The molecule has 0 saturated heterocycles. The van der Waals surface area contributed by atoms with E-state index in [0.29, 0.717) is 13.0 Å². The maximum absolute atomic E-state index is 11.0. The summed E-state index contributed by atoms with van der Waals surface area (Å²) in [5.74, 6) is -0.829. The van der Waals surface area contributed by atoms with Gasteiger partial charge < -0.3 is 9.84 Å². The lowest BCUT2D eigenvalue weighted by Gasteiger charge is -2.12. The van der Waals surface area contributed by atoms with E-state index in [1.807, 2.05) is 6.92 Å². The number of carbonyl (C=O) groups is 1. The van der Waals surface area contributed by atoms with Crippen LogP contribution in [-0.2, 0) is 9.53 Å². The molecule has 3 nitrogen and oxygen atoms in total. The molecule has 0 saturated carbocycles. The number of allylic oxidation sites excluding steroid dienone is 6. The molecule has 138 valence electrons. The number of unbranched alkanes of at least 4 members (excludes halogenated alkanes) is 4. The van der Waals surface area contributed by atoms with Gasteiger partial charge in [0.15, 0.2) is 6.10 Å². The van der Waals surface area contributed by atoms with Gasteiger partial charge in [-0.15, -0.1) is 0 Å². The van der Waals surface area contributed by atoms with Crippen LogP contribution in [0.15, 0.2) is 36.5 Å². The Morgan fingerprint density at radius 2 is 1.54 bits per heavy atom. The lowest BCUT2D eigenvalue weighted by molar-refractivity contribution is -0.150. The molecule has 0 amide bonds. The van der Waals surface area contributed by atoms with Crippen LogP contribution in [0.25, 0.3) is 0 Å². The van der Waals surface area contributed by atoms with Crippen molar-refractivity contribution in [3.05, 3.63) is 36.5 Å². The molecular formula is C21H36O3. The van der Waals surface area contributed by atoms with Crippen LogP contribution in [0.1, 0.15) is 78.1 Å². The van der Waals surface area contributed by atoms with Crippen molar-refractivity contribution in [3.63, 3.8) is 0 Å². The molecule has 1 N–H and O–H groups in total. The third-order valence-electron chi connectivity index (χ3n) is 3.67. The van der Waals surface area contributed by atoms with Gasteiger partial charge in [-0.05, 0) is 44.9 Å². The maximum atomic E-state index is 11.0. The summed E-state index contributed by atoms with van der Waals surface area (Å²) in [5.41, 5.74) is 0. The van der Waals surface area contributed by atoms with Gasteiger partial charge in [0.2, 0.25) is 0 Å². The quantitative estimate of drug-likeness (QED) is 0.275. The average molecular weight is 337 g/mol. The number of ether oxygens (including phenoxy) is 1. The molecule has 0 fully saturated rings. The van der Waals surface area contributed by atoms with Crippen LogP contribution in [0.2, 0.25) is 0 Å². The van der Waals surface area contributed by atoms with Gasteiger partial charge in [0, 0.05) is 6.61 Å². The molecule has 0 radical (unpaired) electrons. The number of hydrogen-bond donors (Lipinski definition) is 1. The summed E-state index contributed by atoms with van der Waals surface area (Å²) in [6, 6.07) is 0. The summed E-state index contributed by atoms with van der Waals surface area (Å²) in [6.07, 6.45) is 22.7. The molecular weight excluding hydrogens is 300 g/mol. The highest BCUT2D eigenvalue weighted by molar-refractivity contribution is 5.72. The van der Waals surface area contributed by atoms with Crippen LogP contribution in [0, 0.1) is 0 Å². The van der Waals surface area contributed by atoms with Gasteiger partial charge in [0.25, 0.3) is 0 Å². The molecule has 0 aromatic heterocycles. The minimum atomic E-state index is -0.829. The SMILES string of the molecule is CC/C=C\C/C=C\C/C=C\CCCCCCC(OCCC)C(=O)O. The fourth-order valence-corrected chi connectivity index (χ4v) is 2.31. The predicted molar refractivity (Wildman–Crippen MR) is 102 cm³/mol. The standard InChI is InChI=1S/C21H36O3/c1-3-5-6-7-8-9-10-11-12-13-14-15-16-17-18-20(21(22)23)24-19-4-2/h5-6,8-9,11-12,20H,3-4,7,10,13-19H2,1-2H3,(H,22,23)/b6-5-,9-8-,12-11-. The molecule has 1 unspecified atom stereocenters. The van der Waals surface area contributed by atoms with Gasteiger partial charge in [0.05, 0.1) is 0 Å². The molecule has 1 atom stereocenters. The fourth-order valence-electron chi connectivity index (χ4n) is 2.31. The maximum Gasteiger partial charge on any atom is 0.332 e. The first-order valence-corrected chi connectivity index (χ1v) is 9.51. The summed E-state index contributed by atoms with van der Waals surface area (Å²) < 4.78 is 5.34. The summed E-state index contributed by atoms with van der Waals surface area (Å²) in [5, 5.41) is 9.06. The minimum Gasteiger partial charge on any atom is -0.479 e. The number of aliphatic carboxylic acids is 1. The van der Waals surface area contributed by atoms with Crippen molar-refractivity contribution in [2.75, 3.05) is 6.61 Å². The van der Waals surface area contributed by atoms with E-state index >= 15 is 0 Å². The van der Waals surface area contributed by atoms with E-state index in [-0.39, 0.29) is 0 Å². The number of carboxylic acid groups (broad SMARTS) is 1. The van der Waals surface area contributed by atoms with Crippen molar-refractivity contribution in [2.45, 2.75) is 84.2 Å². The molecule has 0 aliphatic rings. The average Bonchev–Trinajstić information content (AvgIpc) is 2.57. The van der Waals surface area contributed by atoms with Crippen molar-refractivity contribution in [1.29, 1.82) is 0 Å². The van der Waals surface area contributed by atoms with Gasteiger partial charge in [0.1, 0.15) is 0 Å². The molecule has 0 aliphatic carbocycles. The van der Waals surface area contributed by atoms with Gasteiger partial charge >= 0.3 is 5.97 Å². The van der Waals surface area contributed by atoms with Crippen molar-refractivity contribution in [2.24, 2.45) is 0 Å². The second kappa shape index (κ2) is 18.0. The summed E-state index contributed by atoms with van der Waals surface area (Å²) >= 11 is 0. The Balaban J connectivity index is 3.50. The smallest absolute Gasteiger partial charge is 0.332 e. The summed E-state index contributed by atoms with van der Waals surface area (Å²) in [6.45, 7) is 4.67. The van der Waals surface area contributed by atoms with Crippen molar-refractivity contribution >= 4 is 5.97 Å². The van der Waals surface area contributed by atoms with E-state index in [2.05, 4.69) is 43.4 Å². The number of hydrogen-bond acceptors (Lipinski definition) is 2. The third-order valence-corrected chi connectivity index (χ3v) is 3.67. The highest BCUT2D eigenvalue weighted by Crippen LogP contribution is 2.10. The Kier molecular flexibility index (Phi) is 17.0. The Labute approximate surface area is 148 Å². The van der Waals surface area contributed by atoms with E-state index in [1.54, 1.807) is 0 Å². The van der Waals surface area contributed by atoms with Crippen LogP contribution >= 0.6 is 0 Å². The Morgan fingerprint density at radius 3 is 2.17 bits per heavy atom. The molecule has 0 rings (SSSR count). The first-order valence-electron chi connectivity index (χ1n) is 9.51. The third kappa shape index (κ3) is 15.5. The highest BCUT2D eigenvalue weighted by Gasteiger charge is 2.16. The molecule has 0 aliphatic heterocycles. The normalized spacial score (nSPS) is 13.4.